The zero-order valence-corrected chi connectivity index (χ0v) is 13.2. The summed E-state index contributed by atoms with van der Waals surface area (Å²) in [5.74, 6) is 0. The van der Waals surface area contributed by atoms with Crippen LogP contribution in [-0.4, -0.2) is 21.3 Å². The van der Waals surface area contributed by atoms with Crippen LogP contribution in [0.4, 0.5) is 0 Å². The molecule has 2 N–H and O–H groups in total. The Hall–Kier alpha value is -1.24. The van der Waals surface area contributed by atoms with Crippen molar-refractivity contribution >= 4 is 23.4 Å². The molecule has 2 rings (SSSR count). The first-order valence-electron chi connectivity index (χ1n) is 6.35. The lowest BCUT2D eigenvalue weighted by atomic mass is 10.1. The largest absolute Gasteiger partial charge is 0.343 e. The number of nitrogens with zero attached hydrogens (tertiary/aromatic N) is 2. The molecule has 0 aliphatic heterocycles. The molecule has 0 aliphatic rings. The Kier molecular flexibility index (Phi) is 4.91. The van der Waals surface area contributed by atoms with Crippen molar-refractivity contribution in [3.63, 3.8) is 0 Å². The van der Waals surface area contributed by atoms with Crippen LogP contribution in [0.2, 0.25) is 5.02 Å². The van der Waals surface area contributed by atoms with E-state index in [1.54, 1.807) is 7.05 Å². The van der Waals surface area contributed by atoms with Crippen molar-refractivity contribution < 1.29 is 0 Å². The minimum absolute atomic E-state index is 0.210. The van der Waals surface area contributed by atoms with Crippen LogP contribution < -0.4 is 11.0 Å². The highest BCUT2D eigenvalue weighted by Crippen LogP contribution is 2.31. The average Bonchev–Trinajstić information content (AvgIpc) is 2.71. The van der Waals surface area contributed by atoms with E-state index in [9.17, 15) is 4.79 Å². The zero-order valence-electron chi connectivity index (χ0n) is 11.6. The van der Waals surface area contributed by atoms with Gasteiger partial charge in [0, 0.05) is 23.0 Å². The molecule has 2 aromatic rings. The lowest BCUT2D eigenvalue weighted by molar-refractivity contribution is 0.598. The Bertz CT molecular complexity index is 652. The van der Waals surface area contributed by atoms with E-state index in [2.05, 4.69) is 29.4 Å². The van der Waals surface area contributed by atoms with Gasteiger partial charge in [0.2, 0.25) is 0 Å². The lowest BCUT2D eigenvalue weighted by Crippen LogP contribution is -2.17. The van der Waals surface area contributed by atoms with Gasteiger partial charge in [0.1, 0.15) is 0 Å². The fraction of sp³-hybridized carbons (Fsp3) is 0.385. The number of aromatic amines is 1. The van der Waals surface area contributed by atoms with Gasteiger partial charge >= 0.3 is 5.69 Å². The third-order valence-electron chi connectivity index (χ3n) is 3.00. The first-order valence-corrected chi connectivity index (χ1v) is 7.54. The van der Waals surface area contributed by atoms with Gasteiger partial charge in [0.25, 0.3) is 0 Å². The minimum atomic E-state index is -0.226. The van der Waals surface area contributed by atoms with Gasteiger partial charge in [0.15, 0.2) is 5.16 Å². The molecular formula is C13H17ClN4OS. The molecule has 5 nitrogen and oxygen atoms in total. The predicted molar refractivity (Wildman–Crippen MR) is 81.5 cm³/mol. The molecule has 108 valence electrons. The van der Waals surface area contributed by atoms with Gasteiger partial charge in [-0.15, -0.1) is 5.10 Å². The summed E-state index contributed by atoms with van der Waals surface area (Å²) in [4.78, 5) is 12.3. The molecule has 20 heavy (non-hydrogen) atoms. The van der Waals surface area contributed by atoms with Gasteiger partial charge in [0.05, 0.1) is 0 Å². The molecular weight excluding hydrogens is 296 g/mol. The predicted octanol–water partition coefficient (Wildman–Crippen LogP) is 2.58. The van der Waals surface area contributed by atoms with Crippen LogP contribution in [0.15, 0.2) is 33.0 Å². The molecule has 1 atom stereocenters. The first-order chi connectivity index (χ1) is 9.52. The first kappa shape index (κ1) is 15.2. The molecule has 1 aromatic heterocycles. The number of H-pyrrole nitrogens is 1. The number of nitrogens with one attached hydrogen (secondary N) is 2. The lowest BCUT2D eigenvalue weighted by Gasteiger charge is -2.15. The molecule has 1 aromatic carbocycles. The van der Waals surface area contributed by atoms with Gasteiger partial charge in [-0.2, -0.15) is 0 Å². The molecule has 0 fully saturated rings. The SMILES string of the molecule is CCNC(C)c1ccc(Sc2n[nH]c(=O)n2C)cc1Cl. The van der Waals surface area contributed by atoms with E-state index in [0.29, 0.717) is 10.2 Å². The van der Waals surface area contributed by atoms with Crippen LogP contribution in [0.5, 0.6) is 0 Å². The van der Waals surface area contributed by atoms with E-state index in [1.807, 2.05) is 18.2 Å². The van der Waals surface area contributed by atoms with Gasteiger partial charge < -0.3 is 5.32 Å². The molecule has 7 heteroatoms. The minimum Gasteiger partial charge on any atom is -0.310 e. The molecule has 0 radical (unpaired) electrons. The molecule has 0 amide bonds. The molecule has 0 bridgehead atoms. The molecule has 1 unspecified atom stereocenters. The maximum Gasteiger partial charge on any atom is 0.343 e. The summed E-state index contributed by atoms with van der Waals surface area (Å²) in [6, 6.07) is 6.09. The fourth-order valence-corrected chi connectivity index (χ4v) is 3.11. The Balaban J connectivity index is 2.21. The smallest absolute Gasteiger partial charge is 0.310 e. The highest BCUT2D eigenvalue weighted by atomic mass is 35.5. The Morgan fingerprint density at radius 1 is 1.55 bits per heavy atom. The normalized spacial score (nSPS) is 12.6. The maximum absolute atomic E-state index is 11.3. The number of benzene rings is 1. The number of halogens is 1. The van der Waals surface area contributed by atoms with E-state index in [0.717, 1.165) is 17.0 Å². The summed E-state index contributed by atoms with van der Waals surface area (Å²) in [5.41, 5.74) is 0.838. The topological polar surface area (TPSA) is 62.7 Å². The van der Waals surface area contributed by atoms with Crippen molar-refractivity contribution in [1.29, 1.82) is 0 Å². The van der Waals surface area contributed by atoms with Crippen molar-refractivity contribution in [3.05, 3.63) is 39.3 Å². The van der Waals surface area contributed by atoms with E-state index in [-0.39, 0.29) is 11.7 Å². The van der Waals surface area contributed by atoms with Gasteiger partial charge in [-0.05, 0) is 42.9 Å². The van der Waals surface area contributed by atoms with Crippen molar-refractivity contribution in [2.45, 2.75) is 29.9 Å². The zero-order chi connectivity index (χ0) is 14.7. The van der Waals surface area contributed by atoms with Crippen molar-refractivity contribution in [2.24, 2.45) is 7.05 Å². The summed E-state index contributed by atoms with van der Waals surface area (Å²) in [5, 5.41) is 11.0. The highest BCUT2D eigenvalue weighted by Gasteiger charge is 2.11. The van der Waals surface area contributed by atoms with E-state index >= 15 is 0 Å². The quantitative estimate of drug-likeness (QED) is 0.891. The van der Waals surface area contributed by atoms with Crippen LogP contribution >= 0.6 is 23.4 Å². The summed E-state index contributed by atoms with van der Waals surface area (Å²) in [7, 11) is 1.68. The third kappa shape index (κ3) is 3.26. The van der Waals surface area contributed by atoms with Crippen LogP contribution in [0.3, 0.4) is 0 Å². The Labute approximate surface area is 126 Å². The maximum atomic E-state index is 11.3. The molecule has 0 spiro atoms. The third-order valence-corrected chi connectivity index (χ3v) is 4.36. The summed E-state index contributed by atoms with van der Waals surface area (Å²) >= 11 is 7.72. The van der Waals surface area contributed by atoms with Crippen molar-refractivity contribution in [2.75, 3.05) is 6.54 Å². The molecule has 0 saturated carbocycles. The average molecular weight is 313 g/mol. The van der Waals surface area contributed by atoms with E-state index < -0.39 is 0 Å². The fourth-order valence-electron chi connectivity index (χ4n) is 1.87. The molecule has 0 saturated heterocycles. The second kappa shape index (κ2) is 6.47. The van der Waals surface area contributed by atoms with E-state index in [1.165, 1.54) is 16.3 Å². The number of hydrogen-bond acceptors (Lipinski definition) is 4. The summed E-state index contributed by atoms with van der Waals surface area (Å²) in [6.07, 6.45) is 0. The number of rotatable bonds is 5. The second-order valence-corrected chi connectivity index (χ2v) is 5.88. The number of aromatic nitrogens is 3. The number of hydrogen-bond donors (Lipinski definition) is 2. The van der Waals surface area contributed by atoms with Crippen LogP contribution in [0.1, 0.15) is 25.5 Å². The summed E-state index contributed by atoms with van der Waals surface area (Å²) < 4.78 is 1.47. The van der Waals surface area contributed by atoms with Crippen LogP contribution in [0, 0.1) is 0 Å². The van der Waals surface area contributed by atoms with Gasteiger partial charge in [-0.1, -0.05) is 24.6 Å². The molecule has 1 heterocycles. The Morgan fingerprint density at radius 2 is 2.30 bits per heavy atom. The van der Waals surface area contributed by atoms with Gasteiger partial charge in [-0.25, -0.2) is 9.89 Å². The van der Waals surface area contributed by atoms with Gasteiger partial charge in [-0.3, -0.25) is 4.57 Å². The Morgan fingerprint density at radius 3 is 2.85 bits per heavy atom. The monoisotopic (exact) mass is 312 g/mol. The molecule has 0 aliphatic carbocycles. The summed E-state index contributed by atoms with van der Waals surface area (Å²) in [6.45, 7) is 5.03. The van der Waals surface area contributed by atoms with Crippen LogP contribution in [-0.2, 0) is 7.05 Å². The van der Waals surface area contributed by atoms with Crippen LogP contribution in [0.25, 0.3) is 0 Å². The van der Waals surface area contributed by atoms with Crippen molar-refractivity contribution in [3.8, 4) is 0 Å². The highest BCUT2D eigenvalue weighted by molar-refractivity contribution is 7.99. The second-order valence-electron chi connectivity index (χ2n) is 4.44. The van der Waals surface area contributed by atoms with Crippen molar-refractivity contribution in [1.82, 2.24) is 20.1 Å². The standard InChI is InChI=1S/C13H17ClN4OS/c1-4-15-8(2)10-6-5-9(7-11(10)14)20-13-17-16-12(19)18(13)3/h5-8,15H,4H2,1-3H3,(H,16,19). The van der Waals surface area contributed by atoms with E-state index in [4.69, 9.17) is 11.6 Å².